The Labute approximate surface area is 149 Å². The molecule has 2 aliphatic rings. The minimum Gasteiger partial charge on any atom is -0.353 e. The molecule has 3 heteroatoms. The molecule has 0 heterocycles. The van der Waals surface area contributed by atoms with Crippen LogP contribution in [0.25, 0.3) is 0 Å². The van der Waals surface area contributed by atoms with Crippen LogP contribution in [0.1, 0.15) is 96.3 Å². The van der Waals surface area contributed by atoms with E-state index in [4.69, 9.17) is 0 Å². The number of amides is 1. The number of rotatable bonds is 3. The smallest absolute Gasteiger partial charge is 0.223 e. The van der Waals surface area contributed by atoms with Crippen LogP contribution >= 0.6 is 12.6 Å². The van der Waals surface area contributed by atoms with E-state index in [1.807, 2.05) is 0 Å². The van der Waals surface area contributed by atoms with Gasteiger partial charge in [0.15, 0.2) is 0 Å². The van der Waals surface area contributed by atoms with Gasteiger partial charge in [-0.2, -0.15) is 12.6 Å². The van der Waals surface area contributed by atoms with Crippen molar-refractivity contribution in [3.05, 3.63) is 0 Å². The minimum atomic E-state index is 0.279. The predicted molar refractivity (Wildman–Crippen MR) is 102 cm³/mol. The Bertz CT molecular complexity index is 324. The van der Waals surface area contributed by atoms with E-state index < -0.39 is 0 Å². The van der Waals surface area contributed by atoms with Gasteiger partial charge in [-0.1, -0.05) is 57.8 Å². The van der Waals surface area contributed by atoms with Crippen LogP contribution < -0.4 is 5.32 Å². The first kappa shape index (κ1) is 19.1. The molecular formula is C20H37NOS. The van der Waals surface area contributed by atoms with Crippen molar-refractivity contribution < 1.29 is 4.79 Å². The molecule has 1 amide bonds. The molecule has 0 spiro atoms. The zero-order chi connectivity index (χ0) is 16.3. The van der Waals surface area contributed by atoms with Crippen molar-refractivity contribution in [3.63, 3.8) is 0 Å². The zero-order valence-electron chi connectivity index (χ0n) is 14.9. The summed E-state index contributed by atoms with van der Waals surface area (Å²) in [6.45, 7) is 0. The first-order valence-electron chi connectivity index (χ1n) is 10.2. The largest absolute Gasteiger partial charge is 0.353 e. The maximum Gasteiger partial charge on any atom is 0.223 e. The van der Waals surface area contributed by atoms with Crippen LogP contribution in [0, 0.1) is 11.8 Å². The Kier molecular flexibility index (Phi) is 9.48. The Morgan fingerprint density at radius 2 is 1.30 bits per heavy atom. The van der Waals surface area contributed by atoms with Crippen LogP contribution in [0.4, 0.5) is 0 Å². The fraction of sp³-hybridized carbons (Fsp3) is 0.950. The highest BCUT2D eigenvalue weighted by molar-refractivity contribution is 7.80. The van der Waals surface area contributed by atoms with E-state index in [2.05, 4.69) is 17.9 Å². The van der Waals surface area contributed by atoms with Gasteiger partial charge in [0, 0.05) is 12.0 Å². The molecule has 0 bridgehead atoms. The van der Waals surface area contributed by atoms with Gasteiger partial charge >= 0.3 is 0 Å². The highest BCUT2D eigenvalue weighted by Gasteiger charge is 2.22. The van der Waals surface area contributed by atoms with Gasteiger partial charge in [-0.05, 0) is 50.2 Å². The number of hydrogen-bond acceptors (Lipinski definition) is 2. The van der Waals surface area contributed by atoms with E-state index in [-0.39, 0.29) is 5.92 Å². The summed E-state index contributed by atoms with van der Waals surface area (Å²) in [6.07, 6.45) is 18.9. The van der Waals surface area contributed by atoms with Gasteiger partial charge in [-0.15, -0.1) is 0 Å². The third-order valence-electron chi connectivity index (χ3n) is 5.92. The lowest BCUT2D eigenvalue weighted by atomic mass is 9.94. The lowest BCUT2D eigenvalue weighted by molar-refractivity contribution is -0.126. The summed E-state index contributed by atoms with van der Waals surface area (Å²) in [5, 5.41) is 3.43. The van der Waals surface area contributed by atoms with E-state index in [1.165, 1.54) is 77.0 Å². The second-order valence-electron chi connectivity index (χ2n) is 7.87. The van der Waals surface area contributed by atoms with Gasteiger partial charge in [-0.3, -0.25) is 4.79 Å². The highest BCUT2D eigenvalue weighted by Crippen LogP contribution is 2.25. The molecule has 2 unspecified atom stereocenters. The van der Waals surface area contributed by atoms with Crippen LogP contribution in [0.3, 0.4) is 0 Å². The molecule has 134 valence electrons. The molecule has 2 nitrogen and oxygen atoms in total. The van der Waals surface area contributed by atoms with Crippen LogP contribution in [0.2, 0.25) is 0 Å². The van der Waals surface area contributed by atoms with Gasteiger partial charge in [-0.25, -0.2) is 0 Å². The maximum absolute atomic E-state index is 12.8. The second kappa shape index (κ2) is 11.4. The molecule has 23 heavy (non-hydrogen) atoms. The van der Waals surface area contributed by atoms with Crippen LogP contribution in [0.5, 0.6) is 0 Å². The number of nitrogens with one attached hydrogen (secondary N) is 1. The van der Waals surface area contributed by atoms with E-state index >= 15 is 0 Å². The van der Waals surface area contributed by atoms with Crippen molar-refractivity contribution in [3.8, 4) is 0 Å². The summed E-state index contributed by atoms with van der Waals surface area (Å²) in [5.74, 6) is 2.39. The van der Waals surface area contributed by atoms with Gasteiger partial charge in [0.2, 0.25) is 5.91 Å². The molecular weight excluding hydrogens is 302 g/mol. The number of hydrogen-bond donors (Lipinski definition) is 2. The Morgan fingerprint density at radius 3 is 2.00 bits per heavy atom. The molecule has 1 N–H and O–H groups in total. The van der Waals surface area contributed by atoms with Crippen molar-refractivity contribution in [2.45, 2.75) is 102 Å². The van der Waals surface area contributed by atoms with Gasteiger partial charge < -0.3 is 5.32 Å². The molecule has 2 fully saturated rings. The molecule has 2 saturated carbocycles. The molecule has 0 saturated heterocycles. The van der Waals surface area contributed by atoms with Crippen LogP contribution in [-0.2, 0) is 4.79 Å². The third-order valence-corrected chi connectivity index (χ3v) is 6.44. The number of carbonyl (C=O) groups excluding carboxylic acids is 1. The Hall–Kier alpha value is -0.180. The van der Waals surface area contributed by atoms with E-state index in [0.29, 0.717) is 11.9 Å². The topological polar surface area (TPSA) is 29.1 Å². The summed E-state index contributed by atoms with van der Waals surface area (Å²) in [5.41, 5.74) is 0. The molecule has 2 rings (SSSR count). The fourth-order valence-electron chi connectivity index (χ4n) is 4.27. The Morgan fingerprint density at radius 1 is 0.739 bits per heavy atom. The van der Waals surface area contributed by atoms with Crippen molar-refractivity contribution in [1.82, 2.24) is 5.32 Å². The summed E-state index contributed by atoms with van der Waals surface area (Å²) in [7, 11) is 0. The average molecular weight is 340 g/mol. The summed E-state index contributed by atoms with van der Waals surface area (Å²) < 4.78 is 0. The average Bonchev–Trinajstić information content (AvgIpc) is 2.76. The van der Waals surface area contributed by atoms with Gasteiger partial charge in [0.1, 0.15) is 0 Å². The minimum absolute atomic E-state index is 0.279. The molecule has 0 aliphatic heterocycles. The van der Waals surface area contributed by atoms with Crippen LogP contribution in [0.15, 0.2) is 0 Å². The van der Waals surface area contributed by atoms with Crippen molar-refractivity contribution in [2.75, 3.05) is 5.75 Å². The summed E-state index contributed by atoms with van der Waals surface area (Å²) >= 11 is 4.51. The normalized spacial score (nSPS) is 29.3. The van der Waals surface area contributed by atoms with Gasteiger partial charge in [0.25, 0.3) is 0 Å². The Balaban J connectivity index is 1.82. The predicted octanol–water partition coefficient (Wildman–Crippen LogP) is 5.51. The molecule has 0 aromatic rings. The third kappa shape index (κ3) is 7.49. The monoisotopic (exact) mass is 339 g/mol. The molecule has 0 radical (unpaired) electrons. The molecule has 0 aromatic heterocycles. The lowest BCUT2D eigenvalue weighted by Crippen LogP contribution is -2.39. The molecule has 2 atom stereocenters. The SMILES string of the molecule is O=C(NC1CCCCCC(CS)CC1)C1CCCCCCCC1. The highest BCUT2D eigenvalue weighted by atomic mass is 32.1. The van der Waals surface area contributed by atoms with E-state index in [9.17, 15) is 4.79 Å². The van der Waals surface area contributed by atoms with Crippen molar-refractivity contribution in [2.24, 2.45) is 11.8 Å². The van der Waals surface area contributed by atoms with Crippen molar-refractivity contribution >= 4 is 18.5 Å². The molecule has 2 aliphatic carbocycles. The van der Waals surface area contributed by atoms with Crippen LogP contribution in [-0.4, -0.2) is 17.7 Å². The molecule has 0 aromatic carbocycles. The fourth-order valence-corrected chi connectivity index (χ4v) is 4.63. The number of carbonyl (C=O) groups is 1. The summed E-state index contributed by atoms with van der Waals surface area (Å²) in [6, 6.07) is 0.413. The first-order chi connectivity index (χ1) is 11.3. The zero-order valence-corrected chi connectivity index (χ0v) is 15.8. The quantitative estimate of drug-likeness (QED) is 0.652. The van der Waals surface area contributed by atoms with Gasteiger partial charge in [0.05, 0.1) is 0 Å². The maximum atomic E-state index is 12.8. The van der Waals surface area contributed by atoms with Crippen molar-refractivity contribution in [1.29, 1.82) is 0 Å². The summed E-state index contributed by atoms with van der Waals surface area (Å²) in [4.78, 5) is 12.8. The standard InChI is InChI=1S/C20H37NOS/c22-20(18-11-7-3-1-2-4-8-12-18)21-19-13-9-5-6-10-17(16-23)14-15-19/h17-19,23H,1-16H2,(H,21,22). The lowest BCUT2D eigenvalue weighted by Gasteiger charge is -2.23. The van der Waals surface area contributed by atoms with E-state index in [1.54, 1.807) is 0 Å². The van der Waals surface area contributed by atoms with E-state index in [0.717, 1.165) is 30.9 Å². The first-order valence-corrected chi connectivity index (χ1v) is 10.8. The second-order valence-corrected chi connectivity index (χ2v) is 8.23. The number of thiol groups is 1.